The Balaban J connectivity index is -0.0000000800. The molecule has 0 fully saturated rings. The fraction of sp³-hybridized carbons (Fsp3) is 0. The van der Waals surface area contributed by atoms with Crippen molar-refractivity contribution in [3.63, 3.8) is 0 Å². The molecule has 7 heteroatoms. The molecule has 0 heterocycles. The monoisotopic (exact) mass is 148 g/mol. The van der Waals surface area contributed by atoms with Crippen molar-refractivity contribution >= 4 is 56.1 Å². The summed E-state index contributed by atoms with van der Waals surface area (Å²) in [6, 6.07) is 0. The van der Waals surface area contributed by atoms with Crippen LogP contribution in [0.2, 0.25) is 0 Å². The molecule has 0 aromatic carbocycles. The van der Waals surface area contributed by atoms with E-state index < -0.39 is 9.17 Å². The van der Waals surface area contributed by atoms with Crippen LogP contribution in [0.15, 0.2) is 0 Å². The van der Waals surface area contributed by atoms with Gasteiger partial charge in [0.1, 0.15) is 0 Å². The summed E-state index contributed by atoms with van der Waals surface area (Å²) in [6.45, 7) is 0. The molecule has 0 aromatic rings. The van der Waals surface area contributed by atoms with Crippen LogP contribution in [0.25, 0.3) is 0 Å². The van der Waals surface area contributed by atoms with Gasteiger partial charge in [-0.3, -0.25) is 4.46 Å². The van der Waals surface area contributed by atoms with Crippen molar-refractivity contribution in [1.29, 1.82) is 0 Å². The Morgan fingerprint density at radius 3 is 1.71 bits per heavy atom. The third-order valence-electron chi connectivity index (χ3n) is 0.0781. The van der Waals surface area contributed by atoms with Gasteiger partial charge in [-0.15, -0.1) is 0 Å². The molecule has 0 unspecified atom stereocenters. The Labute approximate surface area is 74.7 Å². The van der Waals surface area contributed by atoms with Crippen LogP contribution < -0.4 is 0 Å². The van der Waals surface area contributed by atoms with Gasteiger partial charge >= 0.3 is 38.7 Å². The van der Waals surface area contributed by atoms with Gasteiger partial charge in [-0.05, 0) is 0 Å². The van der Waals surface area contributed by atoms with Gasteiger partial charge in [0.25, 0.3) is 0 Å². The van der Waals surface area contributed by atoms with Gasteiger partial charge in [0, 0.05) is 0 Å². The first-order valence-corrected chi connectivity index (χ1v) is 2.08. The van der Waals surface area contributed by atoms with E-state index in [0.717, 1.165) is 0 Å². The summed E-state index contributed by atoms with van der Waals surface area (Å²) < 4.78 is 11.9. The van der Waals surface area contributed by atoms with Gasteiger partial charge in [0.2, 0.25) is 0 Å². The van der Waals surface area contributed by atoms with Gasteiger partial charge in [0.15, 0.2) is 17.4 Å². The van der Waals surface area contributed by atoms with E-state index in [9.17, 15) is 0 Å². The zero-order valence-electron chi connectivity index (χ0n) is 2.21. The fourth-order valence-electron chi connectivity index (χ4n) is 0. The zero-order valence-corrected chi connectivity index (χ0v) is 3.21. The van der Waals surface area contributed by atoms with Crippen molar-refractivity contribution in [2.75, 3.05) is 0 Å². The second-order valence-corrected chi connectivity index (χ2v) is 1.07. The van der Waals surface area contributed by atoms with Crippen LogP contribution >= 0.6 is 0 Å². The minimum atomic E-state index is -3.07. The fourth-order valence-corrected chi connectivity index (χ4v) is 0. The Bertz CT molecular complexity index is 47.0. The van der Waals surface area contributed by atoms with E-state index in [1.165, 1.54) is 0 Å². The van der Waals surface area contributed by atoms with Gasteiger partial charge in [0.05, 0.1) is 0 Å². The Morgan fingerprint density at radius 2 is 1.71 bits per heavy atom. The molecule has 0 rings (SSSR count). The van der Waals surface area contributed by atoms with Crippen molar-refractivity contribution in [1.82, 2.24) is 0 Å². The maximum atomic E-state index is 9.08. The van der Waals surface area contributed by atoms with Gasteiger partial charge in [-0.2, -0.15) is 0 Å². The molecule has 0 atom stereocenters. The molecule has 0 radical (unpaired) electrons. The molecule has 0 aliphatic heterocycles. The molecule has 38 valence electrons. The van der Waals surface area contributed by atoms with E-state index in [-0.39, 0.29) is 46.9 Å². The van der Waals surface area contributed by atoms with E-state index in [1.54, 1.807) is 0 Å². The van der Waals surface area contributed by atoms with E-state index in [0.29, 0.717) is 0 Å². The van der Waals surface area contributed by atoms with Gasteiger partial charge in [-0.1, -0.05) is 0 Å². The summed E-state index contributed by atoms with van der Waals surface area (Å²) in [4.78, 5) is 7.44. The Hall–Kier alpha value is 1.11. The number of hydrogen-bond acceptors (Lipinski definition) is 3. The zero-order chi connectivity index (χ0) is 4.28. The summed E-state index contributed by atoms with van der Waals surface area (Å²) in [5.74, 6) is 0. The Morgan fingerprint density at radius 1 is 1.57 bits per heavy atom. The summed E-state index contributed by atoms with van der Waals surface area (Å²) >= 11 is 0. The molecule has 0 saturated carbocycles. The van der Waals surface area contributed by atoms with Crippen LogP contribution in [0, 0.1) is 0 Å². The average molecular weight is 148 g/mol. The Kier molecular flexibility index (Phi) is 22.8. The third kappa shape index (κ3) is 19.2. The van der Waals surface area contributed by atoms with Gasteiger partial charge in [-0.25, -0.2) is 5.26 Å². The average Bonchev–Trinajstić information content (AvgIpc) is 1.38. The van der Waals surface area contributed by atoms with E-state index in [2.05, 4.69) is 4.58 Å². The maximum absolute atomic E-state index is 9.08. The predicted octanol–water partition coefficient (Wildman–Crippen LogP) is -2.95. The van der Waals surface area contributed by atoms with Gasteiger partial charge < -0.3 is 9.37 Å². The molecule has 4 nitrogen and oxygen atoms in total. The molecule has 0 saturated heterocycles. The first-order chi connectivity index (χ1) is 2.27. The van der Waals surface area contributed by atoms with Crippen molar-refractivity contribution in [3.05, 3.63) is 0 Å². The predicted molar refractivity (Wildman–Crippen MR) is 29.5 cm³/mol. The molecule has 0 aromatic heterocycles. The van der Waals surface area contributed by atoms with Crippen molar-refractivity contribution < 1.29 is 19.1 Å². The topological polar surface area (TPSA) is 66.8 Å². The van der Waals surface area contributed by atoms with Crippen molar-refractivity contribution in [3.8, 4) is 0 Å². The molecule has 0 spiro atoms. The van der Waals surface area contributed by atoms with Crippen LogP contribution in [-0.4, -0.2) is 66.1 Å². The second-order valence-electron chi connectivity index (χ2n) is 0.357. The van der Waals surface area contributed by atoms with Crippen LogP contribution in [0.5, 0.6) is 0 Å². The molecule has 0 amide bonds. The molecule has 2 N–H and O–H groups in total. The van der Waals surface area contributed by atoms with Crippen LogP contribution in [0.1, 0.15) is 0 Å². The van der Waals surface area contributed by atoms with Crippen molar-refractivity contribution in [2.24, 2.45) is 0 Å². The molecule has 0 aliphatic carbocycles. The quantitative estimate of drug-likeness (QED) is 0.237. The first-order valence-electron chi connectivity index (χ1n) is 0.814. The molecule has 0 aliphatic rings. The summed E-state index contributed by atoms with van der Waals surface area (Å²) in [5, 5.41) is 7.13. The van der Waals surface area contributed by atoms with Crippen molar-refractivity contribution in [2.45, 2.75) is 0 Å². The van der Waals surface area contributed by atoms with E-state index >= 15 is 0 Å². The number of hydrogen-bond donors (Lipinski definition) is 2. The summed E-state index contributed by atoms with van der Waals surface area (Å²) in [7, 11) is -3.07. The summed E-state index contributed by atoms with van der Waals surface area (Å²) in [6.07, 6.45) is 0. The molecule has 7 heavy (non-hydrogen) atoms. The SMILES string of the molecule is O=[Si](O)OO.[AlH3].[NaH]. The second kappa shape index (κ2) is 10.2. The normalized spacial score (nSPS) is 4.71. The first kappa shape index (κ1) is 15.7. The molecular weight excluding hydrogens is 142 g/mol. The van der Waals surface area contributed by atoms with Crippen LogP contribution in [0.3, 0.4) is 0 Å². The third-order valence-corrected chi connectivity index (χ3v) is 0.234. The minimum absolute atomic E-state index is 0. The number of rotatable bonds is 1. The standard InChI is InChI=1S/Al.Na.H2O4Si.4H/c;;1-4-5(2)3;;;;/h;;1-2H;;;;. The van der Waals surface area contributed by atoms with Crippen LogP contribution in [0.4, 0.5) is 0 Å². The van der Waals surface area contributed by atoms with E-state index in [1.807, 2.05) is 0 Å². The summed E-state index contributed by atoms with van der Waals surface area (Å²) in [5.41, 5.74) is 0. The van der Waals surface area contributed by atoms with E-state index in [4.69, 9.17) is 14.5 Å². The molecule has 0 bridgehead atoms. The van der Waals surface area contributed by atoms with Crippen LogP contribution in [-0.2, 0) is 9.04 Å². The molecular formula is H6AlNaO4Si.